The Bertz CT molecular complexity index is 1130. The van der Waals surface area contributed by atoms with Crippen LogP contribution in [0, 0.1) is 0 Å². The second-order valence-corrected chi connectivity index (χ2v) is 7.78. The molecule has 0 aliphatic carbocycles. The number of hydrogen-bond acceptors (Lipinski definition) is 6. The van der Waals surface area contributed by atoms with Gasteiger partial charge in [0.15, 0.2) is 11.0 Å². The highest BCUT2D eigenvalue weighted by Crippen LogP contribution is 2.28. The van der Waals surface area contributed by atoms with E-state index in [0.717, 1.165) is 18.4 Å². The third kappa shape index (κ3) is 5.68. The predicted molar refractivity (Wildman–Crippen MR) is 128 cm³/mol. The Hall–Kier alpha value is -3.32. The van der Waals surface area contributed by atoms with Crippen LogP contribution in [0.25, 0.3) is 11.3 Å². The number of esters is 1. The fraction of sp³-hybridized carbons (Fsp3) is 0.292. The molecule has 7 nitrogen and oxygen atoms in total. The molecule has 0 unspecified atom stereocenters. The molecule has 3 aromatic rings. The molecular formula is C24H27ClN4O3. The zero-order chi connectivity index (χ0) is 23.1. The molecule has 0 bridgehead atoms. The number of aromatic nitrogens is 2. The van der Waals surface area contributed by atoms with Gasteiger partial charge in [-0.3, -0.25) is 14.2 Å². The molecule has 0 amide bonds. The van der Waals surface area contributed by atoms with Crippen molar-refractivity contribution in [3.8, 4) is 11.3 Å². The molecule has 0 spiro atoms. The van der Waals surface area contributed by atoms with Crippen LogP contribution in [-0.2, 0) is 22.7 Å². The van der Waals surface area contributed by atoms with E-state index in [2.05, 4.69) is 10.3 Å². The summed E-state index contributed by atoms with van der Waals surface area (Å²) in [6, 6.07) is 16.3. The molecule has 0 radical (unpaired) electrons. The minimum absolute atomic E-state index is 0.0583. The summed E-state index contributed by atoms with van der Waals surface area (Å²) in [7, 11) is 0. The van der Waals surface area contributed by atoms with Crippen LogP contribution >= 0.6 is 11.6 Å². The Balaban J connectivity index is 1.98. The van der Waals surface area contributed by atoms with Crippen molar-refractivity contribution in [2.45, 2.75) is 45.9 Å². The normalized spacial score (nSPS) is 10.9. The van der Waals surface area contributed by atoms with Gasteiger partial charge in [-0.25, -0.2) is 4.98 Å². The van der Waals surface area contributed by atoms with Gasteiger partial charge in [0, 0.05) is 17.3 Å². The molecule has 0 saturated carbocycles. The van der Waals surface area contributed by atoms with E-state index in [9.17, 15) is 9.59 Å². The van der Waals surface area contributed by atoms with Crippen LogP contribution in [0.3, 0.4) is 0 Å². The van der Waals surface area contributed by atoms with E-state index in [1.807, 2.05) is 44.2 Å². The molecular weight excluding hydrogens is 428 g/mol. The Morgan fingerprint density at radius 2 is 1.88 bits per heavy atom. The molecule has 168 valence electrons. The number of carbonyl (C=O) groups excluding carboxylic acids is 1. The quantitative estimate of drug-likeness (QED) is 0.365. The van der Waals surface area contributed by atoms with Crippen molar-refractivity contribution in [1.29, 1.82) is 0 Å². The van der Waals surface area contributed by atoms with Crippen LogP contribution in [-0.4, -0.2) is 21.6 Å². The number of nitrogen functional groups attached to an aromatic ring is 1. The van der Waals surface area contributed by atoms with E-state index in [4.69, 9.17) is 22.1 Å². The zero-order valence-corrected chi connectivity index (χ0v) is 18.9. The van der Waals surface area contributed by atoms with Crippen molar-refractivity contribution in [2.75, 3.05) is 11.1 Å². The third-order valence-electron chi connectivity index (χ3n) is 5.14. The van der Waals surface area contributed by atoms with E-state index in [-0.39, 0.29) is 30.2 Å². The molecule has 0 saturated heterocycles. The number of nitrogens with zero attached hydrogens (tertiary/aromatic N) is 2. The molecule has 1 aromatic heterocycles. The predicted octanol–water partition coefficient (Wildman–Crippen LogP) is 4.49. The van der Waals surface area contributed by atoms with Crippen molar-refractivity contribution in [3.63, 3.8) is 0 Å². The van der Waals surface area contributed by atoms with E-state index >= 15 is 0 Å². The number of benzene rings is 2. The lowest BCUT2D eigenvalue weighted by Crippen LogP contribution is -2.32. The maximum Gasteiger partial charge on any atom is 0.326 e. The smallest absolute Gasteiger partial charge is 0.326 e. The lowest BCUT2D eigenvalue weighted by Gasteiger charge is -2.19. The van der Waals surface area contributed by atoms with Gasteiger partial charge in [0.2, 0.25) is 0 Å². The number of hydrogen-bond donors (Lipinski definition) is 2. The molecule has 1 heterocycles. The molecule has 3 N–H and O–H groups in total. The van der Waals surface area contributed by atoms with Gasteiger partial charge in [-0.1, -0.05) is 67.9 Å². The van der Waals surface area contributed by atoms with Crippen LogP contribution in [0.5, 0.6) is 0 Å². The Labute approximate surface area is 192 Å². The SMILES string of the molecule is CCC(CC)Nc1nc(Cl)c(-c2cccc(N)c2)n(CC(=O)OCc2ccccc2)c1=O. The van der Waals surface area contributed by atoms with E-state index in [1.54, 1.807) is 24.3 Å². The van der Waals surface area contributed by atoms with Crippen molar-refractivity contribution >= 4 is 29.1 Å². The molecule has 0 aliphatic rings. The van der Waals surface area contributed by atoms with Crippen molar-refractivity contribution < 1.29 is 9.53 Å². The van der Waals surface area contributed by atoms with Gasteiger partial charge in [-0.05, 0) is 30.5 Å². The van der Waals surface area contributed by atoms with Gasteiger partial charge < -0.3 is 15.8 Å². The number of anilines is 2. The minimum Gasteiger partial charge on any atom is -0.459 e. The van der Waals surface area contributed by atoms with Crippen LogP contribution in [0.15, 0.2) is 59.4 Å². The Morgan fingerprint density at radius 1 is 1.16 bits per heavy atom. The third-order valence-corrected chi connectivity index (χ3v) is 5.40. The molecule has 0 atom stereocenters. The first-order valence-corrected chi connectivity index (χ1v) is 10.9. The molecule has 0 aliphatic heterocycles. The van der Waals surface area contributed by atoms with Gasteiger partial charge in [-0.2, -0.15) is 0 Å². The summed E-state index contributed by atoms with van der Waals surface area (Å²) in [5, 5.41) is 3.24. The Kier molecular flexibility index (Phi) is 7.89. The topological polar surface area (TPSA) is 99.2 Å². The fourth-order valence-electron chi connectivity index (χ4n) is 3.34. The molecule has 0 fully saturated rings. The largest absolute Gasteiger partial charge is 0.459 e. The maximum absolute atomic E-state index is 13.3. The summed E-state index contributed by atoms with van der Waals surface area (Å²) >= 11 is 6.52. The minimum atomic E-state index is -0.558. The zero-order valence-electron chi connectivity index (χ0n) is 18.2. The first kappa shape index (κ1) is 23.3. The molecule has 2 aromatic carbocycles. The van der Waals surface area contributed by atoms with E-state index in [1.165, 1.54) is 4.57 Å². The summed E-state index contributed by atoms with van der Waals surface area (Å²) in [5.41, 5.74) is 7.74. The van der Waals surface area contributed by atoms with Gasteiger partial charge >= 0.3 is 5.97 Å². The average molecular weight is 455 g/mol. The highest BCUT2D eigenvalue weighted by Gasteiger charge is 2.21. The highest BCUT2D eigenvalue weighted by atomic mass is 35.5. The summed E-state index contributed by atoms with van der Waals surface area (Å²) < 4.78 is 6.69. The average Bonchev–Trinajstić information content (AvgIpc) is 2.79. The monoisotopic (exact) mass is 454 g/mol. The summed E-state index contributed by atoms with van der Waals surface area (Å²) in [6.07, 6.45) is 1.62. The van der Waals surface area contributed by atoms with Crippen LogP contribution < -0.4 is 16.6 Å². The van der Waals surface area contributed by atoms with Crippen LogP contribution in [0.4, 0.5) is 11.5 Å². The first-order chi connectivity index (χ1) is 15.4. The number of ether oxygens (including phenoxy) is 1. The first-order valence-electron chi connectivity index (χ1n) is 10.5. The van der Waals surface area contributed by atoms with Gasteiger partial charge in [0.25, 0.3) is 5.56 Å². The van der Waals surface area contributed by atoms with Crippen molar-refractivity contribution in [2.24, 2.45) is 0 Å². The second-order valence-electron chi connectivity index (χ2n) is 7.42. The number of nitrogens with two attached hydrogens (primary N) is 1. The number of halogens is 1. The molecule has 3 rings (SSSR count). The van der Waals surface area contributed by atoms with E-state index < -0.39 is 11.5 Å². The summed E-state index contributed by atoms with van der Waals surface area (Å²) in [5.74, 6) is -0.455. The number of nitrogens with one attached hydrogen (secondary N) is 1. The van der Waals surface area contributed by atoms with Gasteiger partial charge in [0.05, 0.1) is 5.69 Å². The second kappa shape index (κ2) is 10.8. The van der Waals surface area contributed by atoms with E-state index in [0.29, 0.717) is 16.9 Å². The van der Waals surface area contributed by atoms with Crippen LogP contribution in [0.1, 0.15) is 32.3 Å². The summed E-state index contributed by atoms with van der Waals surface area (Å²) in [4.78, 5) is 30.3. The number of carbonyl (C=O) groups is 1. The molecule has 8 heteroatoms. The van der Waals surface area contributed by atoms with Crippen molar-refractivity contribution in [1.82, 2.24) is 9.55 Å². The van der Waals surface area contributed by atoms with Gasteiger partial charge in [-0.15, -0.1) is 0 Å². The Morgan fingerprint density at radius 3 is 2.53 bits per heavy atom. The standard InChI is InChI=1S/C24H27ClN4O3/c1-3-19(4-2)27-23-24(31)29(14-20(30)32-15-16-9-6-5-7-10-16)21(22(25)28-23)17-11-8-12-18(26)13-17/h5-13,19H,3-4,14-15,26H2,1-2H3,(H,27,28). The highest BCUT2D eigenvalue weighted by molar-refractivity contribution is 6.32. The van der Waals surface area contributed by atoms with Crippen molar-refractivity contribution in [3.05, 3.63) is 75.7 Å². The fourth-order valence-corrected chi connectivity index (χ4v) is 3.64. The van der Waals surface area contributed by atoms with Gasteiger partial charge in [0.1, 0.15) is 13.2 Å². The lowest BCUT2D eigenvalue weighted by atomic mass is 10.1. The number of rotatable bonds is 9. The maximum atomic E-state index is 13.3. The summed E-state index contributed by atoms with van der Waals surface area (Å²) in [6.45, 7) is 3.84. The lowest BCUT2D eigenvalue weighted by molar-refractivity contribution is -0.145. The van der Waals surface area contributed by atoms with Crippen LogP contribution in [0.2, 0.25) is 5.15 Å². The molecule has 32 heavy (non-hydrogen) atoms.